The van der Waals surface area contributed by atoms with Crippen LogP contribution in [0.4, 0.5) is 27.1 Å². The van der Waals surface area contributed by atoms with E-state index >= 15 is 0 Å². The van der Waals surface area contributed by atoms with Crippen LogP contribution in [0, 0.1) is 11.6 Å². The highest BCUT2D eigenvalue weighted by Crippen LogP contribution is 2.33. The largest absolute Gasteiger partial charge is 0.419 e. The van der Waals surface area contributed by atoms with E-state index in [1.165, 1.54) is 11.3 Å². The summed E-state index contributed by atoms with van der Waals surface area (Å²) < 4.78 is 65.8. The first kappa shape index (κ1) is 21.2. The first-order valence-corrected chi connectivity index (χ1v) is 9.97. The minimum atomic E-state index is -4.96. The molecule has 4 N–H and O–H groups in total. The Morgan fingerprint density at radius 2 is 1.90 bits per heavy atom. The van der Waals surface area contributed by atoms with Gasteiger partial charge in [0.05, 0.1) is 22.2 Å². The molecule has 0 radical (unpaired) electrons. The molecule has 4 rings (SSSR count). The Morgan fingerprint density at radius 1 is 1.10 bits per heavy atom. The Labute approximate surface area is 177 Å². The van der Waals surface area contributed by atoms with Crippen LogP contribution in [0.2, 0.25) is 0 Å². The average Bonchev–Trinajstić information content (AvgIpc) is 3.37. The summed E-state index contributed by atoms with van der Waals surface area (Å²) in [6.07, 6.45) is -1.67. The van der Waals surface area contributed by atoms with E-state index in [1.54, 1.807) is 12.4 Å². The van der Waals surface area contributed by atoms with E-state index in [1.807, 2.05) is 18.2 Å². The molecule has 0 aliphatic heterocycles. The molecule has 2 aromatic heterocycles. The maximum absolute atomic E-state index is 14.0. The lowest BCUT2D eigenvalue weighted by atomic mass is 10.0. The molecule has 0 amide bonds. The number of benzene rings is 2. The molecule has 4 aromatic rings. The van der Waals surface area contributed by atoms with E-state index in [2.05, 4.69) is 20.5 Å². The number of rotatable bonds is 6. The molecule has 0 fully saturated rings. The summed E-state index contributed by atoms with van der Waals surface area (Å²) in [6, 6.07) is 6.60. The molecule has 5 nitrogen and oxygen atoms in total. The lowest BCUT2D eigenvalue weighted by Crippen LogP contribution is -2.31. The summed E-state index contributed by atoms with van der Waals surface area (Å²) in [5, 5.41) is 11.4. The molecule has 0 aliphatic rings. The van der Waals surface area contributed by atoms with Crippen molar-refractivity contribution in [3.8, 4) is 10.4 Å². The first-order chi connectivity index (χ1) is 14.7. The van der Waals surface area contributed by atoms with E-state index in [9.17, 15) is 22.0 Å². The summed E-state index contributed by atoms with van der Waals surface area (Å²) in [7, 11) is 0. The van der Waals surface area contributed by atoms with Crippen molar-refractivity contribution in [3.05, 3.63) is 65.5 Å². The van der Waals surface area contributed by atoms with Crippen molar-refractivity contribution >= 4 is 27.4 Å². The summed E-state index contributed by atoms with van der Waals surface area (Å²) in [6.45, 7) is 0.176. The van der Waals surface area contributed by atoms with E-state index in [0.29, 0.717) is 11.2 Å². The smallest absolute Gasteiger partial charge is 0.360 e. The SMILES string of the molecule is NC(CNc1ncc(-c2ccc3[nH]ncc3c2)s1)Cc1ccc(C(F)(F)F)c(F)c1F. The Bertz CT molecular complexity index is 1220. The fourth-order valence-corrected chi connectivity index (χ4v) is 3.94. The van der Waals surface area contributed by atoms with Gasteiger partial charge in [0.1, 0.15) is 0 Å². The Hall–Kier alpha value is -3.05. The van der Waals surface area contributed by atoms with Gasteiger partial charge in [0.2, 0.25) is 0 Å². The number of aromatic amines is 1. The fraction of sp³-hybridized carbons (Fsp3) is 0.200. The highest BCUT2D eigenvalue weighted by atomic mass is 32.1. The molecule has 31 heavy (non-hydrogen) atoms. The molecule has 0 aliphatic carbocycles. The quantitative estimate of drug-likeness (QED) is 0.361. The minimum Gasteiger partial charge on any atom is -0.360 e. The lowest BCUT2D eigenvalue weighted by molar-refractivity contribution is -0.140. The number of nitrogens with two attached hydrogens (primary N) is 1. The minimum absolute atomic E-state index is 0.136. The second-order valence-electron chi connectivity index (χ2n) is 6.94. The molecule has 2 heterocycles. The molecular formula is C20H16F5N5S. The van der Waals surface area contributed by atoms with Crippen molar-refractivity contribution in [3.63, 3.8) is 0 Å². The zero-order valence-electron chi connectivity index (χ0n) is 15.8. The third-order valence-corrected chi connectivity index (χ3v) is 5.70. The summed E-state index contributed by atoms with van der Waals surface area (Å²) in [5.74, 6) is -3.44. The molecule has 0 saturated carbocycles. The van der Waals surface area contributed by atoms with Crippen LogP contribution in [0.25, 0.3) is 21.3 Å². The number of anilines is 1. The van der Waals surface area contributed by atoms with Gasteiger partial charge in [0.15, 0.2) is 16.8 Å². The van der Waals surface area contributed by atoms with Crippen molar-refractivity contribution in [2.75, 3.05) is 11.9 Å². The monoisotopic (exact) mass is 453 g/mol. The molecule has 0 spiro atoms. The van der Waals surface area contributed by atoms with Crippen LogP contribution in [0.1, 0.15) is 11.1 Å². The highest BCUT2D eigenvalue weighted by Gasteiger charge is 2.36. The first-order valence-electron chi connectivity index (χ1n) is 9.15. The van der Waals surface area contributed by atoms with Crippen molar-refractivity contribution in [2.45, 2.75) is 18.6 Å². The maximum Gasteiger partial charge on any atom is 0.419 e. The predicted octanol–water partition coefficient (Wildman–Crippen LogP) is 4.97. The zero-order valence-corrected chi connectivity index (χ0v) is 16.6. The van der Waals surface area contributed by atoms with Gasteiger partial charge in [-0.25, -0.2) is 13.8 Å². The molecule has 0 saturated heterocycles. The summed E-state index contributed by atoms with van der Waals surface area (Å²) in [5.41, 5.74) is 5.99. The summed E-state index contributed by atoms with van der Waals surface area (Å²) >= 11 is 1.39. The van der Waals surface area contributed by atoms with Crippen LogP contribution in [0.15, 0.2) is 42.7 Å². The number of halogens is 5. The molecule has 11 heteroatoms. The molecule has 1 unspecified atom stereocenters. The average molecular weight is 453 g/mol. The van der Waals surface area contributed by atoms with Crippen LogP contribution < -0.4 is 11.1 Å². The van der Waals surface area contributed by atoms with Gasteiger partial charge in [-0.1, -0.05) is 23.5 Å². The number of H-pyrrole nitrogens is 1. The second kappa shape index (κ2) is 8.23. The summed E-state index contributed by atoms with van der Waals surface area (Å²) in [4.78, 5) is 5.19. The maximum atomic E-state index is 14.0. The van der Waals surface area contributed by atoms with Gasteiger partial charge >= 0.3 is 6.18 Å². The number of nitrogens with one attached hydrogen (secondary N) is 2. The molecular weight excluding hydrogens is 437 g/mol. The van der Waals surface area contributed by atoms with Crippen molar-refractivity contribution in [1.82, 2.24) is 15.2 Å². The van der Waals surface area contributed by atoms with E-state index < -0.39 is 29.4 Å². The number of alkyl halides is 3. The topological polar surface area (TPSA) is 79.6 Å². The van der Waals surface area contributed by atoms with Crippen LogP contribution in [0.3, 0.4) is 0 Å². The van der Waals surface area contributed by atoms with Crippen molar-refractivity contribution in [2.24, 2.45) is 5.73 Å². The lowest BCUT2D eigenvalue weighted by Gasteiger charge is -2.15. The highest BCUT2D eigenvalue weighted by molar-refractivity contribution is 7.18. The number of hydrogen-bond acceptors (Lipinski definition) is 5. The third kappa shape index (κ3) is 4.52. The third-order valence-electron chi connectivity index (χ3n) is 4.70. The van der Waals surface area contributed by atoms with Gasteiger partial charge < -0.3 is 11.1 Å². The molecule has 1 atom stereocenters. The van der Waals surface area contributed by atoms with Crippen LogP contribution in [-0.2, 0) is 12.6 Å². The van der Waals surface area contributed by atoms with Gasteiger partial charge in [-0.05, 0) is 35.7 Å². The predicted molar refractivity (Wildman–Crippen MR) is 109 cm³/mol. The molecule has 162 valence electrons. The van der Waals surface area contributed by atoms with Crippen LogP contribution in [-0.4, -0.2) is 27.8 Å². The fourth-order valence-electron chi connectivity index (χ4n) is 3.12. The van der Waals surface area contributed by atoms with Gasteiger partial charge in [0.25, 0.3) is 0 Å². The number of fused-ring (bicyclic) bond motifs is 1. The van der Waals surface area contributed by atoms with Crippen LogP contribution in [0.5, 0.6) is 0 Å². The second-order valence-corrected chi connectivity index (χ2v) is 7.98. The number of aromatic nitrogens is 3. The number of hydrogen-bond donors (Lipinski definition) is 3. The van der Waals surface area contributed by atoms with E-state index in [4.69, 9.17) is 5.73 Å². The molecule has 2 aromatic carbocycles. The number of thiazole rings is 1. The molecule has 0 bridgehead atoms. The standard InChI is InChI=1S/C20H16F5N5S/c21-17-11(1-3-14(18(17)22)20(23,24)25)6-13(26)8-27-19-28-9-16(31-19)10-2-4-15-12(5-10)7-29-30-15/h1-5,7,9,13H,6,8,26H2,(H,27,28)(H,29,30). The van der Waals surface area contributed by atoms with Gasteiger partial charge in [0, 0.05) is 24.2 Å². The van der Waals surface area contributed by atoms with E-state index in [0.717, 1.165) is 27.4 Å². The van der Waals surface area contributed by atoms with Crippen molar-refractivity contribution < 1.29 is 22.0 Å². The zero-order chi connectivity index (χ0) is 22.2. The van der Waals surface area contributed by atoms with Gasteiger partial charge in [-0.3, -0.25) is 5.10 Å². The van der Waals surface area contributed by atoms with E-state index in [-0.39, 0.29) is 18.5 Å². The van der Waals surface area contributed by atoms with Gasteiger partial charge in [-0.15, -0.1) is 0 Å². The number of nitrogens with zero attached hydrogens (tertiary/aromatic N) is 2. The Kier molecular flexibility index (Phi) is 5.63. The Morgan fingerprint density at radius 3 is 2.68 bits per heavy atom. The van der Waals surface area contributed by atoms with Crippen molar-refractivity contribution in [1.29, 1.82) is 0 Å². The van der Waals surface area contributed by atoms with Gasteiger partial charge in [-0.2, -0.15) is 18.3 Å². The Balaban J connectivity index is 1.39. The normalized spacial score (nSPS) is 13.0. The van der Waals surface area contributed by atoms with Crippen LogP contribution >= 0.6 is 11.3 Å².